The van der Waals surface area contributed by atoms with Gasteiger partial charge in [-0.2, -0.15) is 0 Å². The van der Waals surface area contributed by atoms with Gasteiger partial charge in [0.05, 0.1) is 42.8 Å². The van der Waals surface area contributed by atoms with Crippen molar-refractivity contribution < 1.29 is 28.2 Å². The summed E-state index contributed by atoms with van der Waals surface area (Å²) >= 11 is 1.32. The van der Waals surface area contributed by atoms with Crippen LogP contribution in [0.25, 0.3) is 21.0 Å². The Balaban J connectivity index is 1.45. The Bertz CT molecular complexity index is 1730. The van der Waals surface area contributed by atoms with Crippen LogP contribution in [-0.2, 0) is 25.5 Å². The molecule has 6 rings (SSSR count). The van der Waals surface area contributed by atoms with Gasteiger partial charge in [0.25, 0.3) is 5.56 Å². The lowest BCUT2D eigenvalue weighted by atomic mass is 9.78. The van der Waals surface area contributed by atoms with Crippen LogP contribution in [0.3, 0.4) is 0 Å². The molecule has 0 spiro atoms. The third kappa shape index (κ3) is 5.85. The smallest absolute Gasteiger partial charge is 0.332 e. The Morgan fingerprint density at radius 3 is 2.66 bits per heavy atom. The number of hydrogen-bond acceptors (Lipinski definition) is 10. The molecule has 1 aromatic carbocycles. The van der Waals surface area contributed by atoms with Crippen LogP contribution >= 0.6 is 11.3 Å². The van der Waals surface area contributed by atoms with Crippen molar-refractivity contribution in [2.75, 3.05) is 26.9 Å². The third-order valence-corrected chi connectivity index (χ3v) is 9.87. The van der Waals surface area contributed by atoms with Crippen LogP contribution in [-0.4, -0.2) is 53.1 Å². The Kier molecular flexibility index (Phi) is 9.01. The van der Waals surface area contributed by atoms with Crippen molar-refractivity contribution in [3.63, 3.8) is 0 Å². The lowest BCUT2D eigenvalue weighted by molar-refractivity contribution is -0.145. The van der Waals surface area contributed by atoms with E-state index in [0.717, 1.165) is 18.4 Å². The highest BCUT2D eigenvalue weighted by atomic mass is 32.1. The van der Waals surface area contributed by atoms with Crippen LogP contribution in [0, 0.1) is 12.8 Å². The monoisotopic (exact) mass is 623 g/mol. The number of hydrogen-bond donors (Lipinski definition) is 0. The molecule has 0 radical (unpaired) electrons. The molecule has 1 saturated carbocycles. The molecule has 2 aliphatic rings. The lowest BCUT2D eigenvalue weighted by Crippen LogP contribution is -2.46. The standard InChI is InChI=1S/C32H37N3O8S/c1-4-41-26(36)17-20-15-21(16-20)35-30(37)27-19(2)28(29-33-11-14-42-29)44-31(27)34(32(35)38)18-25(43-22-9-12-40-13-10-22)23-7-5-6-8-24(23)39-3/h5-8,11,14,20-22,25H,4,9-10,12-13,15-18H2,1-3H3/t20?,21?,25-/m1/s1. The van der Waals surface area contributed by atoms with E-state index in [0.29, 0.717) is 65.0 Å². The maximum atomic E-state index is 14.4. The van der Waals surface area contributed by atoms with E-state index in [-0.39, 0.29) is 42.6 Å². The van der Waals surface area contributed by atoms with Gasteiger partial charge in [0, 0.05) is 31.2 Å². The molecule has 0 bridgehead atoms. The number of nitrogens with zero attached hydrogens (tertiary/aromatic N) is 3. The predicted molar refractivity (Wildman–Crippen MR) is 164 cm³/mol. The predicted octanol–water partition coefficient (Wildman–Crippen LogP) is 5.04. The fraction of sp³-hybridized carbons (Fsp3) is 0.500. The Hall–Kier alpha value is -3.74. The average Bonchev–Trinajstić information content (AvgIpc) is 3.66. The highest BCUT2D eigenvalue weighted by molar-refractivity contribution is 7.22. The van der Waals surface area contributed by atoms with Gasteiger partial charge in [0.2, 0.25) is 5.89 Å². The molecular weight excluding hydrogens is 586 g/mol. The molecule has 2 fully saturated rings. The van der Waals surface area contributed by atoms with E-state index in [1.54, 1.807) is 24.8 Å². The molecule has 234 valence electrons. The first-order valence-electron chi connectivity index (χ1n) is 15.1. The molecule has 0 amide bonds. The second-order valence-electron chi connectivity index (χ2n) is 11.3. The first kappa shape index (κ1) is 30.3. The first-order chi connectivity index (χ1) is 21.4. The van der Waals surface area contributed by atoms with Crippen molar-refractivity contribution in [1.82, 2.24) is 14.1 Å². The highest BCUT2D eigenvalue weighted by Gasteiger charge is 2.36. The molecule has 3 aromatic heterocycles. The van der Waals surface area contributed by atoms with Crippen LogP contribution in [0.5, 0.6) is 5.75 Å². The molecule has 1 atom stereocenters. The molecule has 0 N–H and O–H groups in total. The molecule has 4 heterocycles. The minimum absolute atomic E-state index is 0.0548. The maximum absolute atomic E-state index is 14.4. The Morgan fingerprint density at radius 2 is 1.95 bits per heavy atom. The molecule has 12 heteroatoms. The minimum atomic E-state index is -0.536. The van der Waals surface area contributed by atoms with Crippen LogP contribution in [0.4, 0.5) is 0 Å². The molecule has 44 heavy (non-hydrogen) atoms. The van der Waals surface area contributed by atoms with E-state index >= 15 is 0 Å². The quantitative estimate of drug-likeness (QED) is 0.211. The summed E-state index contributed by atoms with van der Waals surface area (Å²) in [6.45, 7) is 5.34. The molecule has 0 unspecified atom stereocenters. The summed E-state index contributed by atoms with van der Waals surface area (Å²) < 4.78 is 31.7. The first-order valence-corrected chi connectivity index (χ1v) is 15.9. The SMILES string of the molecule is CCOC(=O)CC1CC(n2c(=O)c3c(C)c(-c4ncco4)sc3n(C[C@@H](OC3CCOCC3)c3ccccc3OC)c2=O)C1. The van der Waals surface area contributed by atoms with Crippen LogP contribution in [0.2, 0.25) is 0 Å². The summed E-state index contributed by atoms with van der Waals surface area (Å²) in [5.41, 5.74) is 0.782. The van der Waals surface area contributed by atoms with Crippen molar-refractivity contribution in [1.29, 1.82) is 0 Å². The van der Waals surface area contributed by atoms with Gasteiger partial charge in [0.15, 0.2) is 0 Å². The maximum Gasteiger partial charge on any atom is 0.332 e. The third-order valence-electron chi connectivity index (χ3n) is 8.57. The van der Waals surface area contributed by atoms with Gasteiger partial charge < -0.3 is 23.4 Å². The van der Waals surface area contributed by atoms with Crippen LogP contribution < -0.4 is 16.0 Å². The van der Waals surface area contributed by atoms with E-state index in [1.807, 2.05) is 31.2 Å². The van der Waals surface area contributed by atoms with Crippen LogP contribution in [0.15, 0.2) is 50.7 Å². The van der Waals surface area contributed by atoms with Gasteiger partial charge in [-0.15, -0.1) is 11.3 Å². The molecule has 4 aromatic rings. The normalized spacial score (nSPS) is 19.5. The fourth-order valence-corrected chi connectivity index (χ4v) is 7.52. The van der Waals surface area contributed by atoms with E-state index in [2.05, 4.69) is 4.98 Å². The average molecular weight is 624 g/mol. The van der Waals surface area contributed by atoms with Gasteiger partial charge >= 0.3 is 11.7 Å². The zero-order valence-electron chi connectivity index (χ0n) is 25.2. The van der Waals surface area contributed by atoms with Crippen molar-refractivity contribution in [2.45, 2.75) is 70.7 Å². The lowest BCUT2D eigenvalue weighted by Gasteiger charge is -2.36. The van der Waals surface area contributed by atoms with E-state index in [4.69, 9.17) is 23.4 Å². The van der Waals surface area contributed by atoms with Gasteiger partial charge in [-0.25, -0.2) is 9.78 Å². The summed E-state index contributed by atoms with van der Waals surface area (Å²) in [5, 5.41) is 0.460. The fourth-order valence-electron chi connectivity index (χ4n) is 6.28. The van der Waals surface area contributed by atoms with Crippen molar-refractivity contribution in [3.8, 4) is 16.5 Å². The summed E-state index contributed by atoms with van der Waals surface area (Å²) in [7, 11) is 1.61. The van der Waals surface area contributed by atoms with Gasteiger partial charge in [0.1, 0.15) is 22.9 Å². The van der Waals surface area contributed by atoms with Gasteiger partial charge in [-0.1, -0.05) is 18.2 Å². The number of carbonyl (C=O) groups excluding carboxylic acids is 1. The number of methoxy groups -OCH3 is 1. The number of esters is 1. The highest BCUT2D eigenvalue weighted by Crippen LogP contribution is 2.41. The number of aryl methyl sites for hydroxylation is 1. The Morgan fingerprint density at radius 1 is 1.18 bits per heavy atom. The number of para-hydroxylation sites is 1. The van der Waals surface area contributed by atoms with E-state index in [1.165, 1.54) is 22.2 Å². The number of thiophene rings is 1. The van der Waals surface area contributed by atoms with Crippen LogP contribution in [0.1, 0.15) is 62.3 Å². The molecule has 1 aliphatic heterocycles. The van der Waals surface area contributed by atoms with Crippen molar-refractivity contribution in [2.24, 2.45) is 5.92 Å². The van der Waals surface area contributed by atoms with Gasteiger partial charge in [-0.05, 0) is 57.1 Å². The molecule has 1 saturated heterocycles. The van der Waals surface area contributed by atoms with E-state index in [9.17, 15) is 14.4 Å². The second-order valence-corrected chi connectivity index (χ2v) is 12.3. The summed E-state index contributed by atoms with van der Waals surface area (Å²) in [4.78, 5) is 46.1. The number of ether oxygens (including phenoxy) is 4. The van der Waals surface area contributed by atoms with E-state index < -0.39 is 11.8 Å². The van der Waals surface area contributed by atoms with Crippen molar-refractivity contribution in [3.05, 3.63) is 68.7 Å². The summed E-state index contributed by atoms with van der Waals surface area (Å²) in [6, 6.07) is 7.32. The largest absolute Gasteiger partial charge is 0.496 e. The second kappa shape index (κ2) is 13.1. The van der Waals surface area contributed by atoms with Crippen molar-refractivity contribution >= 4 is 27.5 Å². The molecule has 11 nitrogen and oxygen atoms in total. The minimum Gasteiger partial charge on any atom is -0.496 e. The number of rotatable bonds is 11. The number of aromatic nitrogens is 3. The summed E-state index contributed by atoms with van der Waals surface area (Å²) in [6.07, 6.45) is 5.30. The summed E-state index contributed by atoms with van der Waals surface area (Å²) in [5.74, 6) is 0.849. The van der Waals surface area contributed by atoms with Gasteiger partial charge in [-0.3, -0.25) is 18.7 Å². The Labute approximate surface area is 258 Å². The zero-order valence-corrected chi connectivity index (χ0v) is 26.0. The topological polar surface area (TPSA) is 124 Å². The molecular formula is C32H37N3O8S. The number of fused-ring (bicyclic) bond motifs is 1. The number of oxazole rings is 1. The number of benzene rings is 1. The number of carbonyl (C=O) groups is 1. The zero-order chi connectivity index (χ0) is 30.8. The molecule has 1 aliphatic carbocycles.